The van der Waals surface area contributed by atoms with E-state index in [0.717, 1.165) is 17.5 Å². The molecule has 2 rings (SSSR count). The summed E-state index contributed by atoms with van der Waals surface area (Å²) >= 11 is 0. The van der Waals surface area contributed by atoms with Gasteiger partial charge in [0.25, 0.3) is 0 Å². The second kappa shape index (κ2) is 6.52. The summed E-state index contributed by atoms with van der Waals surface area (Å²) in [5.74, 6) is 0.459. The zero-order valence-electron chi connectivity index (χ0n) is 17.5. The van der Waals surface area contributed by atoms with Crippen molar-refractivity contribution in [1.82, 2.24) is 0 Å². The summed E-state index contributed by atoms with van der Waals surface area (Å²) in [6, 6.07) is 8.85. The van der Waals surface area contributed by atoms with E-state index >= 15 is 0 Å². The molecular formula is C24H34O. The van der Waals surface area contributed by atoms with Crippen molar-refractivity contribution in [2.75, 3.05) is 0 Å². The molecular weight excluding hydrogens is 304 g/mol. The largest absolute Gasteiger partial charge is 0.507 e. The van der Waals surface area contributed by atoms with Gasteiger partial charge in [-0.05, 0) is 77.0 Å². The minimum absolute atomic E-state index is 0.0850. The third kappa shape index (κ3) is 4.08. The van der Waals surface area contributed by atoms with E-state index in [1.807, 2.05) is 0 Å². The van der Waals surface area contributed by atoms with Gasteiger partial charge in [-0.1, -0.05) is 65.8 Å². The fraction of sp³-hybridized carbons (Fsp3) is 0.500. The molecule has 1 nitrogen and oxygen atoms in total. The Bertz CT molecular complexity index is 748. The minimum Gasteiger partial charge on any atom is -0.507 e. The number of phenols is 1. The molecule has 0 heterocycles. The van der Waals surface area contributed by atoms with Gasteiger partial charge in [0.2, 0.25) is 0 Å². The van der Waals surface area contributed by atoms with Gasteiger partial charge in [0, 0.05) is 0 Å². The SMILES string of the molecule is Cc1ccc(Cc2cc(C(C)(C)C)c(O)c(C(C)(C)C)c2)c(C)c1C. The van der Waals surface area contributed by atoms with Gasteiger partial charge >= 0.3 is 0 Å². The normalized spacial score (nSPS) is 12.5. The molecule has 0 aromatic heterocycles. The molecule has 0 aliphatic rings. The van der Waals surface area contributed by atoms with Crippen molar-refractivity contribution in [2.24, 2.45) is 0 Å². The predicted octanol–water partition coefficient (Wildman–Crippen LogP) is 6.50. The van der Waals surface area contributed by atoms with E-state index in [2.05, 4.69) is 86.6 Å². The van der Waals surface area contributed by atoms with Crippen molar-refractivity contribution in [1.29, 1.82) is 0 Å². The van der Waals surface area contributed by atoms with Crippen LogP contribution in [0.25, 0.3) is 0 Å². The van der Waals surface area contributed by atoms with E-state index in [4.69, 9.17) is 0 Å². The van der Waals surface area contributed by atoms with Crippen molar-refractivity contribution in [3.05, 3.63) is 63.2 Å². The summed E-state index contributed by atoms with van der Waals surface area (Å²) in [5.41, 5.74) is 8.65. The smallest absolute Gasteiger partial charge is 0.123 e. The number of benzene rings is 2. The standard InChI is InChI=1S/C24H34O/c1-15-10-11-19(17(3)16(15)2)12-18-13-20(23(4,5)6)22(25)21(14-18)24(7,8)9/h10-11,13-14,25H,12H2,1-9H3. The molecule has 0 unspecified atom stereocenters. The van der Waals surface area contributed by atoms with Crippen LogP contribution in [0.2, 0.25) is 0 Å². The summed E-state index contributed by atoms with van der Waals surface area (Å²) in [4.78, 5) is 0. The van der Waals surface area contributed by atoms with Gasteiger partial charge < -0.3 is 5.11 Å². The lowest BCUT2D eigenvalue weighted by molar-refractivity contribution is 0.423. The van der Waals surface area contributed by atoms with E-state index in [1.54, 1.807) is 0 Å². The van der Waals surface area contributed by atoms with Crippen LogP contribution in [-0.4, -0.2) is 5.11 Å². The molecule has 0 radical (unpaired) electrons. The molecule has 2 aromatic rings. The molecule has 0 spiro atoms. The van der Waals surface area contributed by atoms with Crippen LogP contribution in [0.3, 0.4) is 0 Å². The molecule has 25 heavy (non-hydrogen) atoms. The molecule has 136 valence electrons. The van der Waals surface area contributed by atoms with Gasteiger partial charge in [-0.2, -0.15) is 0 Å². The van der Waals surface area contributed by atoms with Gasteiger partial charge in [-0.15, -0.1) is 0 Å². The van der Waals surface area contributed by atoms with Gasteiger partial charge in [-0.25, -0.2) is 0 Å². The number of phenolic OH excluding ortho intramolecular Hbond substituents is 1. The zero-order chi connectivity index (χ0) is 19.2. The Kier molecular flexibility index (Phi) is 5.10. The highest BCUT2D eigenvalue weighted by atomic mass is 16.3. The van der Waals surface area contributed by atoms with E-state index in [1.165, 1.54) is 27.8 Å². The van der Waals surface area contributed by atoms with Gasteiger partial charge in [0.05, 0.1) is 0 Å². The van der Waals surface area contributed by atoms with Crippen molar-refractivity contribution in [3.8, 4) is 5.75 Å². The molecule has 1 N–H and O–H groups in total. The van der Waals surface area contributed by atoms with Crippen molar-refractivity contribution >= 4 is 0 Å². The fourth-order valence-corrected chi connectivity index (χ4v) is 3.36. The Morgan fingerprint density at radius 2 is 1.24 bits per heavy atom. The Morgan fingerprint density at radius 1 is 0.760 bits per heavy atom. The maximum atomic E-state index is 10.9. The molecule has 2 aromatic carbocycles. The Labute approximate surface area is 154 Å². The Balaban J connectivity index is 2.61. The highest BCUT2D eigenvalue weighted by Gasteiger charge is 2.26. The van der Waals surface area contributed by atoms with E-state index in [9.17, 15) is 5.11 Å². The predicted molar refractivity (Wildman–Crippen MR) is 109 cm³/mol. The van der Waals surface area contributed by atoms with E-state index in [0.29, 0.717) is 5.75 Å². The summed E-state index contributed by atoms with van der Waals surface area (Å²) in [6.07, 6.45) is 0.902. The average molecular weight is 339 g/mol. The first-order valence-electron chi connectivity index (χ1n) is 9.25. The van der Waals surface area contributed by atoms with Gasteiger partial charge in [0.15, 0.2) is 0 Å². The Morgan fingerprint density at radius 3 is 1.68 bits per heavy atom. The van der Waals surface area contributed by atoms with Crippen LogP contribution in [0.4, 0.5) is 0 Å². The third-order valence-electron chi connectivity index (χ3n) is 5.35. The number of aryl methyl sites for hydroxylation is 1. The van der Waals surface area contributed by atoms with Crippen LogP contribution >= 0.6 is 0 Å². The topological polar surface area (TPSA) is 20.2 Å². The van der Waals surface area contributed by atoms with Crippen LogP contribution in [-0.2, 0) is 17.3 Å². The maximum absolute atomic E-state index is 10.9. The molecule has 0 bridgehead atoms. The van der Waals surface area contributed by atoms with Crippen LogP contribution < -0.4 is 0 Å². The number of hydrogen-bond acceptors (Lipinski definition) is 1. The second-order valence-corrected chi connectivity index (χ2v) is 9.51. The summed E-state index contributed by atoms with van der Waals surface area (Å²) in [7, 11) is 0. The number of hydrogen-bond donors (Lipinski definition) is 1. The first-order chi connectivity index (χ1) is 11.3. The van der Waals surface area contributed by atoms with E-state index < -0.39 is 0 Å². The first kappa shape index (κ1) is 19.6. The quantitative estimate of drug-likeness (QED) is 0.662. The Hall–Kier alpha value is -1.76. The first-order valence-corrected chi connectivity index (χ1v) is 9.25. The molecule has 0 fully saturated rings. The number of rotatable bonds is 2. The number of aromatic hydroxyl groups is 1. The average Bonchev–Trinajstić information content (AvgIpc) is 2.47. The zero-order valence-corrected chi connectivity index (χ0v) is 17.5. The highest BCUT2D eigenvalue weighted by molar-refractivity contribution is 5.51. The minimum atomic E-state index is -0.0850. The highest BCUT2D eigenvalue weighted by Crippen LogP contribution is 2.40. The molecule has 1 heteroatoms. The van der Waals surface area contributed by atoms with Crippen molar-refractivity contribution in [3.63, 3.8) is 0 Å². The molecule has 0 aliphatic carbocycles. The maximum Gasteiger partial charge on any atom is 0.123 e. The fourth-order valence-electron chi connectivity index (χ4n) is 3.36. The summed E-state index contributed by atoms with van der Waals surface area (Å²) in [6.45, 7) is 19.6. The van der Waals surface area contributed by atoms with Gasteiger partial charge in [0.1, 0.15) is 5.75 Å². The molecule has 0 saturated carbocycles. The lowest BCUT2D eigenvalue weighted by Gasteiger charge is -2.28. The van der Waals surface area contributed by atoms with Crippen LogP contribution in [0.15, 0.2) is 24.3 Å². The van der Waals surface area contributed by atoms with Crippen molar-refractivity contribution in [2.45, 2.75) is 79.6 Å². The lowest BCUT2D eigenvalue weighted by Crippen LogP contribution is -2.18. The van der Waals surface area contributed by atoms with Crippen LogP contribution in [0.1, 0.15) is 80.5 Å². The summed E-state index contributed by atoms with van der Waals surface area (Å²) in [5, 5.41) is 10.9. The second-order valence-electron chi connectivity index (χ2n) is 9.51. The molecule has 0 aliphatic heterocycles. The summed E-state index contributed by atoms with van der Waals surface area (Å²) < 4.78 is 0. The van der Waals surface area contributed by atoms with Crippen molar-refractivity contribution < 1.29 is 5.11 Å². The van der Waals surface area contributed by atoms with Gasteiger partial charge in [-0.3, -0.25) is 0 Å². The molecule has 0 amide bonds. The van der Waals surface area contributed by atoms with Crippen LogP contribution in [0.5, 0.6) is 5.75 Å². The monoisotopic (exact) mass is 338 g/mol. The lowest BCUT2D eigenvalue weighted by atomic mass is 9.77. The molecule has 0 atom stereocenters. The third-order valence-corrected chi connectivity index (χ3v) is 5.35. The molecule has 0 saturated heterocycles. The van der Waals surface area contributed by atoms with E-state index in [-0.39, 0.29) is 10.8 Å². The van der Waals surface area contributed by atoms with Crippen LogP contribution in [0, 0.1) is 20.8 Å².